The van der Waals surface area contributed by atoms with Crippen LogP contribution in [0.3, 0.4) is 0 Å². The lowest BCUT2D eigenvalue weighted by molar-refractivity contribution is 0.724. The van der Waals surface area contributed by atoms with E-state index in [1.54, 1.807) is 0 Å². The van der Waals surface area contributed by atoms with E-state index in [-0.39, 0.29) is 0 Å². The molecule has 20 heavy (non-hydrogen) atoms. The van der Waals surface area contributed by atoms with Gasteiger partial charge in [0.2, 0.25) is 5.95 Å². The van der Waals surface area contributed by atoms with Crippen LogP contribution in [0, 0.1) is 0 Å². The summed E-state index contributed by atoms with van der Waals surface area (Å²) in [6.07, 6.45) is 1.11. The van der Waals surface area contributed by atoms with Gasteiger partial charge in [0.15, 0.2) is 5.82 Å². The number of hydrogen-bond acceptors (Lipinski definition) is 7. The molecule has 1 aliphatic heterocycles. The molecule has 0 unspecified atom stereocenters. The van der Waals surface area contributed by atoms with Gasteiger partial charge in [0.05, 0.1) is 5.69 Å². The zero-order chi connectivity index (χ0) is 13.9. The van der Waals surface area contributed by atoms with Crippen molar-refractivity contribution in [3.63, 3.8) is 0 Å². The summed E-state index contributed by atoms with van der Waals surface area (Å²) >= 11 is 1.37. The van der Waals surface area contributed by atoms with Crippen molar-refractivity contribution >= 4 is 17.5 Å². The van der Waals surface area contributed by atoms with Gasteiger partial charge in [-0.3, -0.25) is 5.10 Å². The Balaban J connectivity index is 1.84. The number of nitrogens with zero attached hydrogens (tertiary/aromatic N) is 5. The van der Waals surface area contributed by atoms with Gasteiger partial charge >= 0.3 is 0 Å². The van der Waals surface area contributed by atoms with Crippen LogP contribution in [0.25, 0.3) is 10.7 Å². The van der Waals surface area contributed by atoms with Crippen molar-refractivity contribution in [2.75, 3.05) is 31.1 Å². The second-order valence-electron chi connectivity index (χ2n) is 5.22. The Bertz CT molecular complexity index is 554. The normalized spacial score (nSPS) is 16.6. The van der Waals surface area contributed by atoms with Crippen molar-refractivity contribution < 1.29 is 0 Å². The average molecular weight is 293 g/mol. The molecule has 8 heteroatoms. The summed E-state index contributed by atoms with van der Waals surface area (Å²) in [5.41, 5.74) is 0.982. The maximum atomic E-state index is 4.62. The molecule has 0 saturated carbocycles. The Labute approximate surface area is 122 Å². The van der Waals surface area contributed by atoms with Crippen LogP contribution in [0.1, 0.15) is 31.9 Å². The summed E-state index contributed by atoms with van der Waals surface area (Å²) in [5, 5.41) is 14.9. The minimum atomic E-state index is 0.333. The van der Waals surface area contributed by atoms with Gasteiger partial charge in [0.1, 0.15) is 4.88 Å². The fraction of sp³-hybridized carbons (Fsp3) is 0.667. The van der Waals surface area contributed by atoms with Crippen LogP contribution in [0.5, 0.6) is 0 Å². The van der Waals surface area contributed by atoms with Gasteiger partial charge in [-0.1, -0.05) is 18.3 Å². The number of rotatable bonds is 3. The maximum Gasteiger partial charge on any atom is 0.245 e. The van der Waals surface area contributed by atoms with E-state index < -0.39 is 0 Å². The Hall–Kier alpha value is -1.54. The van der Waals surface area contributed by atoms with Crippen molar-refractivity contribution in [1.29, 1.82) is 0 Å². The summed E-state index contributed by atoms with van der Waals surface area (Å²) in [6, 6.07) is 0. The third-order valence-corrected chi connectivity index (χ3v) is 4.12. The summed E-state index contributed by atoms with van der Waals surface area (Å²) in [6.45, 7) is 8.18. The largest absolute Gasteiger partial charge is 0.338 e. The predicted octanol–water partition coefficient (Wildman–Crippen LogP) is 1.25. The van der Waals surface area contributed by atoms with Crippen molar-refractivity contribution in [3.8, 4) is 10.7 Å². The van der Waals surface area contributed by atoms with Crippen LogP contribution in [0.4, 0.5) is 5.95 Å². The van der Waals surface area contributed by atoms with E-state index in [2.05, 4.69) is 48.8 Å². The van der Waals surface area contributed by atoms with Crippen LogP contribution in [0.2, 0.25) is 0 Å². The molecule has 7 nitrogen and oxygen atoms in total. The molecule has 0 spiro atoms. The first-order chi connectivity index (χ1) is 9.75. The van der Waals surface area contributed by atoms with E-state index in [1.165, 1.54) is 11.5 Å². The van der Waals surface area contributed by atoms with E-state index >= 15 is 0 Å². The van der Waals surface area contributed by atoms with Gasteiger partial charge in [0.25, 0.3) is 0 Å². The number of anilines is 1. The van der Waals surface area contributed by atoms with E-state index in [0.717, 1.165) is 54.9 Å². The van der Waals surface area contributed by atoms with Gasteiger partial charge in [-0.25, -0.2) is 0 Å². The molecule has 3 heterocycles. The molecule has 1 fully saturated rings. The van der Waals surface area contributed by atoms with Crippen molar-refractivity contribution in [2.24, 2.45) is 0 Å². The van der Waals surface area contributed by atoms with Crippen molar-refractivity contribution in [1.82, 2.24) is 30.1 Å². The molecule has 0 bridgehead atoms. The predicted molar refractivity (Wildman–Crippen MR) is 79.1 cm³/mol. The Morgan fingerprint density at radius 2 is 2.15 bits per heavy atom. The first kappa shape index (κ1) is 13.4. The first-order valence-corrected chi connectivity index (χ1v) is 7.73. The monoisotopic (exact) mass is 293 g/mol. The summed E-state index contributed by atoms with van der Waals surface area (Å²) in [7, 11) is 0. The molecule has 0 amide bonds. The number of aromatic amines is 1. The lowest BCUT2D eigenvalue weighted by Crippen LogP contribution is -2.28. The van der Waals surface area contributed by atoms with Crippen LogP contribution >= 0.6 is 11.5 Å². The first-order valence-electron chi connectivity index (χ1n) is 6.96. The molecule has 0 aliphatic carbocycles. The number of nitrogens with one attached hydrogen (secondary N) is 2. The molecule has 2 aromatic rings. The highest BCUT2D eigenvalue weighted by Crippen LogP contribution is 2.28. The minimum absolute atomic E-state index is 0.333. The minimum Gasteiger partial charge on any atom is -0.338 e. The highest BCUT2D eigenvalue weighted by Gasteiger charge is 2.19. The average Bonchev–Trinajstić information content (AvgIpc) is 3.02. The topological polar surface area (TPSA) is 82.6 Å². The molecule has 1 saturated heterocycles. The molecular weight excluding hydrogens is 274 g/mol. The van der Waals surface area contributed by atoms with E-state index in [4.69, 9.17) is 0 Å². The standard InChI is InChI=1S/C12H19N7S/c1-8(2)9-10(20-18-15-9)11-14-12(17-16-11)19-6-3-4-13-5-7-19/h8,13H,3-7H2,1-2H3,(H,14,16,17). The molecule has 0 aromatic carbocycles. The fourth-order valence-corrected chi connectivity index (χ4v) is 3.04. The Morgan fingerprint density at radius 3 is 3.00 bits per heavy atom. The highest BCUT2D eigenvalue weighted by molar-refractivity contribution is 7.09. The van der Waals surface area contributed by atoms with Crippen LogP contribution < -0.4 is 10.2 Å². The van der Waals surface area contributed by atoms with Crippen LogP contribution in [-0.4, -0.2) is 50.9 Å². The van der Waals surface area contributed by atoms with Crippen LogP contribution in [-0.2, 0) is 0 Å². The molecule has 108 valence electrons. The summed E-state index contributed by atoms with van der Waals surface area (Å²) < 4.78 is 4.04. The highest BCUT2D eigenvalue weighted by atomic mass is 32.1. The fourth-order valence-electron chi connectivity index (χ4n) is 2.28. The zero-order valence-corrected chi connectivity index (χ0v) is 12.6. The molecule has 2 N–H and O–H groups in total. The van der Waals surface area contributed by atoms with Gasteiger partial charge in [0, 0.05) is 19.6 Å². The quantitative estimate of drug-likeness (QED) is 0.886. The lowest BCUT2D eigenvalue weighted by atomic mass is 10.1. The van der Waals surface area contributed by atoms with Crippen molar-refractivity contribution in [2.45, 2.75) is 26.2 Å². The van der Waals surface area contributed by atoms with Gasteiger partial charge < -0.3 is 10.2 Å². The Morgan fingerprint density at radius 1 is 1.25 bits per heavy atom. The van der Waals surface area contributed by atoms with E-state index in [9.17, 15) is 0 Å². The van der Waals surface area contributed by atoms with Crippen molar-refractivity contribution in [3.05, 3.63) is 5.69 Å². The third-order valence-electron chi connectivity index (χ3n) is 3.37. The van der Waals surface area contributed by atoms with Gasteiger partial charge in [-0.05, 0) is 30.4 Å². The van der Waals surface area contributed by atoms with E-state index in [1.807, 2.05) is 0 Å². The number of aromatic nitrogens is 5. The summed E-state index contributed by atoms with van der Waals surface area (Å²) in [4.78, 5) is 7.83. The van der Waals surface area contributed by atoms with Crippen LogP contribution in [0.15, 0.2) is 0 Å². The Kier molecular flexibility index (Phi) is 3.93. The number of H-pyrrole nitrogens is 1. The zero-order valence-electron chi connectivity index (χ0n) is 11.8. The molecule has 0 radical (unpaired) electrons. The second kappa shape index (κ2) is 5.84. The summed E-state index contributed by atoms with van der Waals surface area (Å²) in [5.74, 6) is 1.88. The molecule has 2 aromatic heterocycles. The lowest BCUT2D eigenvalue weighted by Gasteiger charge is -2.16. The second-order valence-corrected chi connectivity index (χ2v) is 5.97. The van der Waals surface area contributed by atoms with Gasteiger partial charge in [-0.2, -0.15) is 4.98 Å². The third kappa shape index (κ3) is 2.66. The van der Waals surface area contributed by atoms with Gasteiger partial charge in [-0.15, -0.1) is 10.2 Å². The molecular formula is C12H19N7S. The smallest absolute Gasteiger partial charge is 0.245 e. The molecule has 3 rings (SSSR count). The maximum absolute atomic E-state index is 4.62. The number of hydrogen-bond donors (Lipinski definition) is 2. The van der Waals surface area contributed by atoms with E-state index in [0.29, 0.717) is 5.92 Å². The SMILES string of the molecule is CC(C)c1nnsc1-c1nc(N2CCCNCC2)n[nH]1. The molecule has 1 aliphatic rings. The molecule has 0 atom stereocenters.